The first-order valence-electron chi connectivity index (χ1n) is 10.1. The molecule has 0 saturated heterocycles. The van der Waals surface area contributed by atoms with Crippen molar-refractivity contribution in [2.24, 2.45) is 0 Å². The highest BCUT2D eigenvalue weighted by Crippen LogP contribution is 2.39. The van der Waals surface area contributed by atoms with Crippen LogP contribution in [-0.2, 0) is 27.2 Å². The van der Waals surface area contributed by atoms with Gasteiger partial charge >= 0.3 is 5.97 Å². The summed E-state index contributed by atoms with van der Waals surface area (Å²) in [5, 5.41) is 1.30. The molecule has 2 aromatic carbocycles. The van der Waals surface area contributed by atoms with Gasteiger partial charge < -0.3 is 4.74 Å². The summed E-state index contributed by atoms with van der Waals surface area (Å²) >= 11 is 12.2. The molecule has 0 bridgehead atoms. The molecule has 0 amide bonds. The molecule has 0 radical (unpaired) electrons. The lowest BCUT2D eigenvalue weighted by Crippen LogP contribution is -2.50. The lowest BCUT2D eigenvalue weighted by Gasteiger charge is -2.33. The maximum atomic E-state index is 13.2. The van der Waals surface area contributed by atoms with E-state index in [0.29, 0.717) is 18.1 Å². The highest BCUT2D eigenvalue weighted by atomic mass is 35.5. The van der Waals surface area contributed by atoms with Crippen molar-refractivity contribution in [1.29, 1.82) is 0 Å². The predicted molar refractivity (Wildman–Crippen MR) is 119 cm³/mol. The maximum Gasteiger partial charge on any atom is 0.331 e. The normalized spacial score (nSPS) is 16.8. The zero-order chi connectivity index (χ0) is 21.3. The van der Waals surface area contributed by atoms with Crippen molar-refractivity contribution in [3.63, 3.8) is 0 Å². The fourth-order valence-electron chi connectivity index (χ4n) is 4.42. The number of carbonyl (C=O) groups excluding carboxylic acids is 2. The molecule has 6 heteroatoms. The predicted octanol–water partition coefficient (Wildman–Crippen LogP) is 4.75. The molecular formula is C24H23Cl2NO3. The number of nitrogens with zero attached hydrogens (tertiary/aromatic N) is 1. The maximum absolute atomic E-state index is 13.2. The summed E-state index contributed by atoms with van der Waals surface area (Å²) in [6.45, 7) is 3.19. The van der Waals surface area contributed by atoms with E-state index >= 15 is 0 Å². The second-order valence-corrected chi connectivity index (χ2v) is 8.58. The van der Waals surface area contributed by atoms with E-state index in [1.807, 2.05) is 29.2 Å². The van der Waals surface area contributed by atoms with E-state index in [2.05, 4.69) is 6.07 Å². The van der Waals surface area contributed by atoms with Gasteiger partial charge in [-0.15, -0.1) is 0 Å². The Morgan fingerprint density at radius 3 is 2.70 bits per heavy atom. The van der Waals surface area contributed by atoms with Crippen LogP contribution in [0.5, 0.6) is 0 Å². The fourth-order valence-corrected chi connectivity index (χ4v) is 4.81. The van der Waals surface area contributed by atoms with E-state index in [-0.39, 0.29) is 18.8 Å². The molecule has 1 aliphatic heterocycles. The van der Waals surface area contributed by atoms with Crippen molar-refractivity contribution in [2.45, 2.75) is 32.2 Å². The van der Waals surface area contributed by atoms with Gasteiger partial charge in [-0.25, -0.2) is 4.79 Å². The minimum absolute atomic E-state index is 0.141. The summed E-state index contributed by atoms with van der Waals surface area (Å²) in [6, 6.07) is 12.3. The van der Waals surface area contributed by atoms with E-state index < -0.39 is 12.0 Å². The fraction of sp³-hybridized carbons (Fsp3) is 0.333. The van der Waals surface area contributed by atoms with Gasteiger partial charge in [-0.2, -0.15) is 0 Å². The quantitative estimate of drug-likeness (QED) is 0.477. The van der Waals surface area contributed by atoms with Gasteiger partial charge in [0.25, 0.3) is 0 Å². The van der Waals surface area contributed by atoms with Crippen molar-refractivity contribution in [3.05, 3.63) is 74.8 Å². The topological polar surface area (TPSA) is 46.6 Å². The Hall–Kier alpha value is -2.14. The van der Waals surface area contributed by atoms with Gasteiger partial charge in [-0.3, -0.25) is 9.69 Å². The van der Waals surface area contributed by atoms with Gasteiger partial charge in [0.1, 0.15) is 0 Å². The highest BCUT2D eigenvalue weighted by molar-refractivity contribution is 6.31. The second kappa shape index (κ2) is 8.93. The monoisotopic (exact) mass is 443 g/mol. The number of hydrogen-bond acceptors (Lipinski definition) is 4. The first-order valence-corrected chi connectivity index (χ1v) is 10.9. The Morgan fingerprint density at radius 1 is 1.13 bits per heavy atom. The number of esters is 1. The van der Waals surface area contributed by atoms with Crippen LogP contribution in [0.15, 0.2) is 48.0 Å². The summed E-state index contributed by atoms with van der Waals surface area (Å²) in [7, 11) is 0. The Bertz CT molecular complexity index is 1030. The Kier molecular flexibility index (Phi) is 6.28. The number of Topliss-reactive ketones (excluding diaryl/α,β-unsaturated/α-hetero) is 1. The number of ketones is 1. The molecular weight excluding hydrogens is 421 g/mol. The SMILES string of the molecule is CCOC(=O)C(C(=O)Cc1cccc(Cl)c1)N1CCC2=C(Cc3ccc(Cl)cc32)C1. The molecule has 0 aromatic heterocycles. The lowest BCUT2D eigenvalue weighted by molar-refractivity contribution is -0.153. The number of fused-ring (bicyclic) bond motifs is 2. The van der Waals surface area contributed by atoms with Crippen LogP contribution < -0.4 is 0 Å². The van der Waals surface area contributed by atoms with Gasteiger partial charge in [0.2, 0.25) is 0 Å². The van der Waals surface area contributed by atoms with E-state index in [4.69, 9.17) is 27.9 Å². The molecule has 0 fully saturated rings. The van der Waals surface area contributed by atoms with Crippen molar-refractivity contribution in [1.82, 2.24) is 4.90 Å². The molecule has 4 nitrogen and oxygen atoms in total. The van der Waals surface area contributed by atoms with E-state index in [1.165, 1.54) is 22.3 Å². The molecule has 30 heavy (non-hydrogen) atoms. The summed E-state index contributed by atoms with van der Waals surface area (Å²) in [5.74, 6) is -0.648. The van der Waals surface area contributed by atoms with Crippen LogP contribution in [0.1, 0.15) is 30.0 Å². The van der Waals surface area contributed by atoms with E-state index in [9.17, 15) is 9.59 Å². The number of rotatable bonds is 6. The first kappa shape index (κ1) is 21.1. The van der Waals surface area contributed by atoms with Gasteiger partial charge in [-0.1, -0.05) is 41.4 Å². The van der Waals surface area contributed by atoms with Crippen LogP contribution in [0.2, 0.25) is 10.0 Å². The average Bonchev–Trinajstić information content (AvgIpc) is 3.05. The third kappa shape index (κ3) is 4.31. The molecule has 0 spiro atoms. The van der Waals surface area contributed by atoms with Crippen LogP contribution in [-0.4, -0.2) is 42.4 Å². The van der Waals surface area contributed by atoms with E-state index in [1.54, 1.807) is 19.1 Å². The molecule has 0 N–H and O–H groups in total. The molecule has 1 atom stereocenters. The number of halogens is 2. The van der Waals surface area contributed by atoms with Crippen LogP contribution >= 0.6 is 23.2 Å². The van der Waals surface area contributed by atoms with Crippen molar-refractivity contribution >= 4 is 40.5 Å². The smallest absolute Gasteiger partial charge is 0.331 e. The van der Waals surface area contributed by atoms with Gasteiger partial charge in [0, 0.05) is 29.6 Å². The minimum atomic E-state index is -0.912. The van der Waals surface area contributed by atoms with Crippen molar-refractivity contribution in [2.75, 3.05) is 19.7 Å². The van der Waals surface area contributed by atoms with Gasteiger partial charge in [0.15, 0.2) is 11.8 Å². The van der Waals surface area contributed by atoms with Crippen LogP contribution in [0.3, 0.4) is 0 Å². The molecule has 2 aliphatic rings. The molecule has 4 rings (SSSR count). The average molecular weight is 444 g/mol. The molecule has 1 aliphatic carbocycles. The minimum Gasteiger partial charge on any atom is -0.464 e. The first-order chi connectivity index (χ1) is 14.5. The van der Waals surface area contributed by atoms with Crippen LogP contribution in [0, 0.1) is 0 Å². The second-order valence-electron chi connectivity index (χ2n) is 7.71. The number of ether oxygens (including phenoxy) is 1. The standard InChI is InChI=1S/C24H23Cl2NO3/c1-2-30-24(29)23(22(28)11-15-4-3-5-18(25)10-15)27-9-8-20-17(14-27)12-16-6-7-19(26)13-21(16)20/h3-7,10,13,23H,2,8-9,11-12,14H2,1H3. The van der Waals surface area contributed by atoms with Gasteiger partial charge in [-0.05, 0) is 71.9 Å². The third-order valence-electron chi connectivity index (χ3n) is 5.72. The van der Waals surface area contributed by atoms with E-state index in [0.717, 1.165) is 23.4 Å². The molecule has 0 saturated carbocycles. The van der Waals surface area contributed by atoms with Crippen LogP contribution in [0.4, 0.5) is 0 Å². The summed E-state index contributed by atoms with van der Waals surface area (Å²) in [4.78, 5) is 27.9. The zero-order valence-electron chi connectivity index (χ0n) is 16.8. The summed E-state index contributed by atoms with van der Waals surface area (Å²) < 4.78 is 5.27. The van der Waals surface area contributed by atoms with Gasteiger partial charge in [0.05, 0.1) is 6.61 Å². The zero-order valence-corrected chi connectivity index (χ0v) is 18.3. The molecule has 1 unspecified atom stereocenters. The van der Waals surface area contributed by atoms with Crippen LogP contribution in [0.25, 0.3) is 5.57 Å². The molecule has 2 aromatic rings. The Morgan fingerprint density at radius 2 is 1.93 bits per heavy atom. The summed E-state index contributed by atoms with van der Waals surface area (Å²) in [6.07, 6.45) is 1.75. The van der Waals surface area contributed by atoms with Crippen molar-refractivity contribution in [3.8, 4) is 0 Å². The number of carbonyl (C=O) groups is 2. The summed E-state index contributed by atoms with van der Waals surface area (Å²) in [5.41, 5.74) is 5.80. The number of hydrogen-bond donors (Lipinski definition) is 0. The molecule has 1 heterocycles. The lowest BCUT2D eigenvalue weighted by atomic mass is 9.95. The Balaban J connectivity index is 1.56. The van der Waals surface area contributed by atoms with Crippen molar-refractivity contribution < 1.29 is 14.3 Å². The highest BCUT2D eigenvalue weighted by Gasteiger charge is 2.37. The number of benzene rings is 2. The third-order valence-corrected chi connectivity index (χ3v) is 6.19. The Labute approximate surface area is 186 Å². The molecule has 156 valence electrons. The largest absolute Gasteiger partial charge is 0.464 e.